The zero-order valence-electron chi connectivity index (χ0n) is 13.7. The summed E-state index contributed by atoms with van der Waals surface area (Å²) in [6.07, 6.45) is 0. The Morgan fingerprint density at radius 1 is 1.00 bits per heavy atom. The van der Waals surface area contributed by atoms with Gasteiger partial charge in [0.25, 0.3) is 0 Å². The van der Waals surface area contributed by atoms with E-state index in [9.17, 15) is 4.39 Å². The number of aromatic nitrogens is 2. The fourth-order valence-electron chi connectivity index (χ4n) is 2.32. The highest BCUT2D eigenvalue weighted by molar-refractivity contribution is 5.67. The van der Waals surface area contributed by atoms with E-state index in [1.54, 1.807) is 13.0 Å². The van der Waals surface area contributed by atoms with Crippen molar-refractivity contribution in [2.75, 3.05) is 17.2 Å². The van der Waals surface area contributed by atoms with Gasteiger partial charge in [0.1, 0.15) is 11.6 Å². The third-order valence-electron chi connectivity index (χ3n) is 3.57. The minimum atomic E-state index is -0.246. The first-order valence-electron chi connectivity index (χ1n) is 7.87. The summed E-state index contributed by atoms with van der Waals surface area (Å²) in [6.45, 7) is 4.44. The maximum atomic E-state index is 13.7. The van der Waals surface area contributed by atoms with Crippen LogP contribution < -0.4 is 10.6 Å². The monoisotopic (exact) mass is 322 g/mol. The van der Waals surface area contributed by atoms with Crippen molar-refractivity contribution in [2.24, 2.45) is 0 Å². The van der Waals surface area contributed by atoms with Crippen LogP contribution >= 0.6 is 0 Å². The number of aryl methyl sites for hydroxylation is 1. The van der Waals surface area contributed by atoms with E-state index in [0.717, 1.165) is 17.8 Å². The number of hydrogen-bond acceptors (Lipinski definition) is 4. The van der Waals surface area contributed by atoms with Crippen molar-refractivity contribution in [1.82, 2.24) is 9.97 Å². The molecule has 2 N–H and O–H groups in total. The second kappa shape index (κ2) is 7.08. The van der Waals surface area contributed by atoms with Crippen LogP contribution in [0.1, 0.15) is 12.5 Å². The van der Waals surface area contributed by atoms with Crippen molar-refractivity contribution < 1.29 is 4.39 Å². The summed E-state index contributed by atoms with van der Waals surface area (Å²) in [5.74, 6) is 0.904. The van der Waals surface area contributed by atoms with Gasteiger partial charge in [-0.25, -0.2) is 9.37 Å². The lowest BCUT2D eigenvalue weighted by Crippen LogP contribution is -2.05. The maximum absolute atomic E-state index is 13.7. The first kappa shape index (κ1) is 15.9. The molecule has 0 saturated carbocycles. The minimum Gasteiger partial charge on any atom is -0.354 e. The molecule has 0 unspecified atom stereocenters. The predicted octanol–water partition coefficient (Wildman–Crippen LogP) is 4.77. The Labute approximate surface area is 140 Å². The zero-order chi connectivity index (χ0) is 16.9. The number of benzene rings is 2. The lowest BCUT2D eigenvalue weighted by Gasteiger charge is -2.11. The summed E-state index contributed by atoms with van der Waals surface area (Å²) < 4.78 is 13.7. The molecule has 2 aromatic carbocycles. The summed E-state index contributed by atoms with van der Waals surface area (Å²) >= 11 is 0. The predicted molar refractivity (Wildman–Crippen MR) is 96.1 cm³/mol. The molecule has 0 bridgehead atoms. The van der Waals surface area contributed by atoms with Gasteiger partial charge in [-0.15, -0.1) is 0 Å². The van der Waals surface area contributed by atoms with Gasteiger partial charge in [-0.05, 0) is 31.5 Å². The maximum Gasteiger partial charge on any atom is 0.225 e. The number of rotatable bonds is 5. The summed E-state index contributed by atoms with van der Waals surface area (Å²) in [6, 6.07) is 16.8. The standard InChI is InChI=1S/C19H19FN4/c1-3-21-19-23-17(14-7-5-4-6-8-14)12-18(24-19)22-15-10-9-13(2)16(20)11-15/h4-12H,3H2,1-2H3,(H2,21,22,23,24). The molecule has 0 atom stereocenters. The second-order valence-electron chi connectivity index (χ2n) is 5.45. The van der Waals surface area contributed by atoms with E-state index in [4.69, 9.17) is 0 Å². The minimum absolute atomic E-state index is 0.246. The third kappa shape index (κ3) is 3.68. The molecular weight excluding hydrogens is 303 g/mol. The van der Waals surface area contributed by atoms with Crippen LogP contribution in [-0.4, -0.2) is 16.5 Å². The van der Waals surface area contributed by atoms with Gasteiger partial charge in [0.05, 0.1) is 5.69 Å². The molecule has 24 heavy (non-hydrogen) atoms. The Morgan fingerprint density at radius 2 is 1.79 bits per heavy atom. The van der Waals surface area contributed by atoms with E-state index >= 15 is 0 Å². The molecular formula is C19H19FN4. The number of nitrogens with zero attached hydrogens (tertiary/aromatic N) is 2. The highest BCUT2D eigenvalue weighted by atomic mass is 19.1. The fraction of sp³-hybridized carbons (Fsp3) is 0.158. The molecule has 0 amide bonds. The van der Waals surface area contributed by atoms with Crippen LogP contribution in [-0.2, 0) is 0 Å². The van der Waals surface area contributed by atoms with E-state index in [0.29, 0.717) is 23.0 Å². The van der Waals surface area contributed by atoms with Gasteiger partial charge in [-0.2, -0.15) is 4.98 Å². The van der Waals surface area contributed by atoms with Crippen molar-refractivity contribution in [1.29, 1.82) is 0 Å². The lowest BCUT2D eigenvalue weighted by atomic mass is 10.1. The molecule has 1 aromatic heterocycles. The van der Waals surface area contributed by atoms with E-state index < -0.39 is 0 Å². The normalized spacial score (nSPS) is 10.5. The number of halogens is 1. The molecule has 0 aliphatic carbocycles. The molecule has 3 rings (SSSR count). The third-order valence-corrected chi connectivity index (χ3v) is 3.57. The van der Waals surface area contributed by atoms with E-state index in [2.05, 4.69) is 20.6 Å². The molecule has 0 saturated heterocycles. The van der Waals surface area contributed by atoms with Gasteiger partial charge < -0.3 is 10.6 Å². The average molecular weight is 322 g/mol. The molecule has 0 spiro atoms. The van der Waals surface area contributed by atoms with Gasteiger partial charge in [-0.3, -0.25) is 0 Å². The quantitative estimate of drug-likeness (QED) is 0.710. The van der Waals surface area contributed by atoms with Crippen LogP contribution in [0.4, 0.5) is 21.8 Å². The topological polar surface area (TPSA) is 49.8 Å². The Hall–Kier alpha value is -2.95. The molecule has 1 heterocycles. The number of nitrogens with one attached hydrogen (secondary N) is 2. The summed E-state index contributed by atoms with van der Waals surface area (Å²) in [5.41, 5.74) is 3.06. The van der Waals surface area contributed by atoms with E-state index in [1.807, 2.05) is 49.4 Å². The van der Waals surface area contributed by atoms with Crippen molar-refractivity contribution >= 4 is 17.5 Å². The molecule has 3 aromatic rings. The molecule has 5 heteroatoms. The second-order valence-corrected chi connectivity index (χ2v) is 5.45. The van der Waals surface area contributed by atoms with Crippen LogP contribution in [0.15, 0.2) is 54.6 Å². The molecule has 0 aliphatic heterocycles. The van der Waals surface area contributed by atoms with Crippen molar-refractivity contribution in [3.8, 4) is 11.3 Å². The molecule has 0 fully saturated rings. The first-order valence-corrected chi connectivity index (χ1v) is 7.87. The van der Waals surface area contributed by atoms with E-state index in [1.165, 1.54) is 6.07 Å². The Bertz CT molecular complexity index is 834. The average Bonchev–Trinajstić information content (AvgIpc) is 2.59. The van der Waals surface area contributed by atoms with Gasteiger partial charge in [0.2, 0.25) is 5.95 Å². The van der Waals surface area contributed by atoms with Crippen molar-refractivity contribution in [3.63, 3.8) is 0 Å². The Kier molecular flexibility index (Phi) is 4.70. The fourth-order valence-corrected chi connectivity index (χ4v) is 2.32. The molecule has 0 radical (unpaired) electrons. The molecule has 4 nitrogen and oxygen atoms in total. The Morgan fingerprint density at radius 3 is 2.50 bits per heavy atom. The number of hydrogen-bond donors (Lipinski definition) is 2. The zero-order valence-corrected chi connectivity index (χ0v) is 13.7. The highest BCUT2D eigenvalue weighted by Crippen LogP contribution is 2.24. The van der Waals surface area contributed by atoms with E-state index in [-0.39, 0.29) is 5.82 Å². The van der Waals surface area contributed by atoms with Gasteiger partial charge in [-0.1, -0.05) is 36.4 Å². The van der Waals surface area contributed by atoms with Gasteiger partial charge >= 0.3 is 0 Å². The van der Waals surface area contributed by atoms with Crippen molar-refractivity contribution in [3.05, 3.63) is 66.0 Å². The first-order chi connectivity index (χ1) is 11.7. The molecule has 0 aliphatic rings. The van der Waals surface area contributed by atoms with Gasteiger partial charge in [0, 0.05) is 23.9 Å². The van der Waals surface area contributed by atoms with Crippen LogP contribution in [0.2, 0.25) is 0 Å². The summed E-state index contributed by atoms with van der Waals surface area (Å²) in [7, 11) is 0. The van der Waals surface area contributed by atoms with Crippen LogP contribution in [0, 0.1) is 12.7 Å². The van der Waals surface area contributed by atoms with Gasteiger partial charge in [0.15, 0.2) is 0 Å². The SMILES string of the molecule is CCNc1nc(Nc2ccc(C)c(F)c2)cc(-c2ccccc2)n1. The summed E-state index contributed by atoms with van der Waals surface area (Å²) in [5, 5.41) is 6.28. The smallest absolute Gasteiger partial charge is 0.225 e. The molecule has 122 valence electrons. The Balaban J connectivity index is 1.97. The highest BCUT2D eigenvalue weighted by Gasteiger charge is 2.07. The summed E-state index contributed by atoms with van der Waals surface area (Å²) in [4.78, 5) is 8.97. The van der Waals surface area contributed by atoms with Crippen LogP contribution in [0.5, 0.6) is 0 Å². The van der Waals surface area contributed by atoms with Crippen LogP contribution in [0.3, 0.4) is 0 Å². The largest absolute Gasteiger partial charge is 0.354 e. The van der Waals surface area contributed by atoms with Crippen molar-refractivity contribution in [2.45, 2.75) is 13.8 Å². The lowest BCUT2D eigenvalue weighted by molar-refractivity contribution is 0.619. The number of anilines is 3. The van der Waals surface area contributed by atoms with Crippen LogP contribution in [0.25, 0.3) is 11.3 Å².